The minimum Gasteiger partial charge on any atom is -0.352 e. The summed E-state index contributed by atoms with van der Waals surface area (Å²) in [5, 5.41) is 2.90. The zero-order valence-electron chi connectivity index (χ0n) is 17.7. The van der Waals surface area contributed by atoms with Crippen LogP contribution in [-0.2, 0) is 14.4 Å². The van der Waals surface area contributed by atoms with Gasteiger partial charge in [-0.25, -0.2) is 4.39 Å². The highest BCUT2D eigenvalue weighted by Gasteiger charge is 2.43. The van der Waals surface area contributed by atoms with E-state index in [1.807, 2.05) is 0 Å². The van der Waals surface area contributed by atoms with E-state index in [1.165, 1.54) is 12.3 Å². The fourth-order valence-corrected chi connectivity index (χ4v) is 4.22. The molecule has 2 unspecified atom stereocenters. The topological polar surface area (TPSA) is 76.1 Å². The Morgan fingerprint density at radius 2 is 1.90 bits per heavy atom. The first kappa shape index (κ1) is 22.8. The molecule has 3 rings (SSSR count). The zero-order valence-corrected chi connectivity index (χ0v) is 18.5. The van der Waals surface area contributed by atoms with Gasteiger partial charge >= 0.3 is 0 Å². The third-order valence-corrected chi connectivity index (χ3v) is 5.65. The Balaban J connectivity index is 1.87. The number of pyridine rings is 1. The normalized spacial score (nSPS) is 18.4. The van der Waals surface area contributed by atoms with Crippen LogP contribution in [0.2, 0.25) is 5.02 Å². The number of nitrogens with one attached hydrogen (secondary N) is 1. The molecule has 0 radical (unpaired) electrons. The Labute approximate surface area is 185 Å². The molecule has 5 nitrogen and oxygen atoms in total. The van der Waals surface area contributed by atoms with Crippen molar-refractivity contribution in [3.05, 3.63) is 64.1 Å². The van der Waals surface area contributed by atoms with Gasteiger partial charge in [0.15, 0.2) is 11.6 Å². The van der Waals surface area contributed by atoms with Gasteiger partial charge in [0.2, 0.25) is 5.91 Å². The molecule has 0 aliphatic heterocycles. The van der Waals surface area contributed by atoms with Crippen molar-refractivity contribution in [2.75, 3.05) is 6.54 Å². The summed E-state index contributed by atoms with van der Waals surface area (Å²) in [5.41, 5.74) is 3.52. The molecule has 162 valence electrons. The minimum absolute atomic E-state index is 0.0234. The van der Waals surface area contributed by atoms with Crippen LogP contribution >= 0.6 is 11.6 Å². The van der Waals surface area contributed by atoms with Crippen LogP contribution in [0.3, 0.4) is 0 Å². The van der Waals surface area contributed by atoms with Crippen molar-refractivity contribution < 1.29 is 18.8 Å². The monoisotopic (exact) mass is 442 g/mol. The Bertz CT molecular complexity index is 1070. The summed E-state index contributed by atoms with van der Waals surface area (Å²) in [6.45, 7) is 9.43. The number of amides is 1. The molecular formula is C24H24ClFN2O3. The zero-order chi connectivity index (χ0) is 22.9. The summed E-state index contributed by atoms with van der Waals surface area (Å²) < 4.78 is 14.3. The summed E-state index contributed by atoms with van der Waals surface area (Å²) in [6.07, 6.45) is 1.38. The number of Topliss-reactive ketones (excluding diaryl/α,β-unsaturated/α-hetero) is 2. The van der Waals surface area contributed by atoms with Crippen molar-refractivity contribution in [1.82, 2.24) is 10.3 Å². The van der Waals surface area contributed by atoms with E-state index in [0.717, 1.165) is 5.57 Å². The van der Waals surface area contributed by atoms with E-state index < -0.39 is 17.7 Å². The van der Waals surface area contributed by atoms with Crippen LogP contribution in [-0.4, -0.2) is 29.0 Å². The maximum Gasteiger partial charge on any atom is 0.220 e. The molecule has 2 aromatic rings. The lowest BCUT2D eigenvalue weighted by atomic mass is 9.85. The van der Waals surface area contributed by atoms with Crippen molar-refractivity contribution in [2.24, 2.45) is 5.92 Å². The van der Waals surface area contributed by atoms with E-state index in [-0.39, 0.29) is 41.0 Å². The summed E-state index contributed by atoms with van der Waals surface area (Å²) in [7, 11) is 0. The third-order valence-electron chi connectivity index (χ3n) is 5.44. The fourth-order valence-electron chi connectivity index (χ4n) is 4.07. The van der Waals surface area contributed by atoms with E-state index in [2.05, 4.69) is 16.9 Å². The number of nitrogens with zero attached hydrogens (tertiary/aromatic N) is 1. The Morgan fingerprint density at radius 1 is 1.26 bits per heavy atom. The van der Waals surface area contributed by atoms with Gasteiger partial charge in [0, 0.05) is 37.1 Å². The van der Waals surface area contributed by atoms with Crippen LogP contribution < -0.4 is 5.32 Å². The van der Waals surface area contributed by atoms with E-state index in [0.29, 0.717) is 28.8 Å². The molecule has 1 N–H and O–H groups in total. The lowest BCUT2D eigenvalue weighted by Crippen LogP contribution is -2.28. The molecule has 31 heavy (non-hydrogen) atoms. The first-order valence-electron chi connectivity index (χ1n) is 9.98. The summed E-state index contributed by atoms with van der Waals surface area (Å²) in [6, 6.07) is 4.63. The molecule has 1 aromatic carbocycles. The average molecular weight is 443 g/mol. The van der Waals surface area contributed by atoms with Gasteiger partial charge in [0.25, 0.3) is 0 Å². The molecule has 1 aliphatic rings. The average Bonchev–Trinajstić information content (AvgIpc) is 2.93. The Hall–Kier alpha value is -2.86. The maximum absolute atomic E-state index is 14.3. The number of hydrogen-bond acceptors (Lipinski definition) is 4. The second-order valence-electron chi connectivity index (χ2n) is 8.15. The van der Waals surface area contributed by atoms with Crippen molar-refractivity contribution >= 4 is 29.1 Å². The van der Waals surface area contributed by atoms with Crippen LogP contribution in [0.4, 0.5) is 4.39 Å². The molecule has 0 spiro atoms. The number of rotatable bonds is 6. The second-order valence-corrected chi connectivity index (χ2v) is 8.58. The molecule has 1 fully saturated rings. The standard InChI is InChI=1S/C24H24ClFN2O3/c1-12(2)10-27-20(30)8-16-7-19(29)22(24(16)31)21-13(3)5-15(6-14(21)4)23-18(26)9-17(25)11-28-23/h5-6,9,11,16,22H,1,7-8,10H2,2-4H3,(H,27,30). The van der Waals surface area contributed by atoms with Crippen LogP contribution in [0.15, 0.2) is 36.5 Å². The largest absolute Gasteiger partial charge is 0.352 e. The van der Waals surface area contributed by atoms with Crippen molar-refractivity contribution in [2.45, 2.75) is 39.5 Å². The molecule has 1 heterocycles. The van der Waals surface area contributed by atoms with Gasteiger partial charge in [0.05, 0.1) is 5.02 Å². The van der Waals surface area contributed by atoms with Gasteiger partial charge in [0.1, 0.15) is 17.4 Å². The highest BCUT2D eigenvalue weighted by atomic mass is 35.5. The molecule has 1 amide bonds. The van der Waals surface area contributed by atoms with Crippen molar-refractivity contribution in [3.63, 3.8) is 0 Å². The Morgan fingerprint density at radius 3 is 2.48 bits per heavy atom. The predicted molar refractivity (Wildman–Crippen MR) is 117 cm³/mol. The number of hydrogen-bond donors (Lipinski definition) is 1. The SMILES string of the molecule is C=C(C)CNC(=O)CC1CC(=O)C(c2c(C)cc(-c3ncc(Cl)cc3F)cc2C)C1=O. The van der Waals surface area contributed by atoms with Crippen LogP contribution in [0.5, 0.6) is 0 Å². The van der Waals surface area contributed by atoms with Gasteiger partial charge in [-0.1, -0.05) is 23.8 Å². The quantitative estimate of drug-likeness (QED) is 0.528. The maximum atomic E-state index is 14.3. The van der Waals surface area contributed by atoms with E-state index >= 15 is 0 Å². The summed E-state index contributed by atoms with van der Waals surface area (Å²) in [5.74, 6) is -2.81. The molecule has 1 aromatic heterocycles. The molecule has 1 aliphatic carbocycles. The van der Waals surface area contributed by atoms with Crippen LogP contribution in [0, 0.1) is 25.6 Å². The smallest absolute Gasteiger partial charge is 0.220 e. The number of carbonyl (C=O) groups excluding carboxylic acids is 3. The molecule has 0 saturated heterocycles. The summed E-state index contributed by atoms with van der Waals surface area (Å²) >= 11 is 5.78. The van der Waals surface area contributed by atoms with Crippen molar-refractivity contribution in [3.8, 4) is 11.3 Å². The van der Waals surface area contributed by atoms with E-state index in [9.17, 15) is 18.8 Å². The lowest BCUT2D eigenvalue weighted by molar-refractivity contribution is -0.128. The number of ketones is 2. The summed E-state index contributed by atoms with van der Waals surface area (Å²) in [4.78, 5) is 42.0. The third kappa shape index (κ3) is 4.90. The van der Waals surface area contributed by atoms with E-state index in [4.69, 9.17) is 11.6 Å². The number of halogens is 2. The first-order valence-corrected chi connectivity index (χ1v) is 10.4. The second kappa shape index (κ2) is 9.10. The molecule has 1 saturated carbocycles. The minimum atomic E-state index is -0.906. The number of aryl methyl sites for hydroxylation is 2. The molecule has 2 atom stereocenters. The molecule has 0 bridgehead atoms. The number of aromatic nitrogens is 1. The van der Waals surface area contributed by atoms with Gasteiger partial charge < -0.3 is 5.32 Å². The first-order chi connectivity index (χ1) is 14.6. The Kier molecular flexibility index (Phi) is 6.70. The molecular weight excluding hydrogens is 419 g/mol. The lowest BCUT2D eigenvalue weighted by Gasteiger charge is -2.17. The number of carbonyl (C=O) groups is 3. The fraction of sp³-hybridized carbons (Fsp3) is 0.333. The highest BCUT2D eigenvalue weighted by molar-refractivity contribution is 6.30. The van der Waals surface area contributed by atoms with Gasteiger partial charge in [-0.3, -0.25) is 19.4 Å². The molecule has 7 heteroatoms. The highest BCUT2D eigenvalue weighted by Crippen LogP contribution is 2.38. The van der Waals surface area contributed by atoms with Crippen molar-refractivity contribution in [1.29, 1.82) is 0 Å². The van der Waals surface area contributed by atoms with Crippen LogP contribution in [0.25, 0.3) is 11.3 Å². The van der Waals surface area contributed by atoms with Gasteiger partial charge in [-0.2, -0.15) is 0 Å². The van der Waals surface area contributed by atoms with E-state index in [1.54, 1.807) is 32.9 Å². The van der Waals surface area contributed by atoms with Gasteiger partial charge in [-0.15, -0.1) is 0 Å². The van der Waals surface area contributed by atoms with Crippen LogP contribution in [0.1, 0.15) is 42.4 Å². The van der Waals surface area contributed by atoms with Gasteiger partial charge in [-0.05, 0) is 55.7 Å². The predicted octanol–water partition coefficient (Wildman–Crippen LogP) is 4.48. The number of benzene rings is 1.